The number of carbonyl (C=O) groups excluding carboxylic acids is 1. The SMILES string of the molecule is NCC1CCC(C(=O)CC2CCOc3ccccc32)O1. The van der Waals surface area contributed by atoms with Gasteiger partial charge in [-0.1, -0.05) is 18.2 Å². The molecule has 2 heterocycles. The Morgan fingerprint density at radius 3 is 2.90 bits per heavy atom. The molecule has 3 atom stereocenters. The summed E-state index contributed by atoms with van der Waals surface area (Å²) in [7, 11) is 0. The monoisotopic (exact) mass is 275 g/mol. The molecule has 1 fully saturated rings. The summed E-state index contributed by atoms with van der Waals surface area (Å²) in [6.07, 6.45) is 2.96. The molecule has 4 heteroatoms. The van der Waals surface area contributed by atoms with Crippen LogP contribution in [0.4, 0.5) is 0 Å². The van der Waals surface area contributed by atoms with Gasteiger partial charge in [-0.15, -0.1) is 0 Å². The molecule has 0 saturated carbocycles. The molecule has 3 rings (SSSR count). The zero-order valence-corrected chi connectivity index (χ0v) is 11.6. The highest BCUT2D eigenvalue weighted by atomic mass is 16.5. The van der Waals surface area contributed by atoms with Crippen molar-refractivity contribution in [1.82, 2.24) is 0 Å². The van der Waals surface area contributed by atoms with Gasteiger partial charge in [0, 0.05) is 13.0 Å². The van der Waals surface area contributed by atoms with E-state index in [-0.39, 0.29) is 23.9 Å². The number of benzene rings is 1. The van der Waals surface area contributed by atoms with Crippen LogP contribution in [0, 0.1) is 0 Å². The molecule has 2 aliphatic rings. The molecule has 0 amide bonds. The second kappa shape index (κ2) is 5.94. The van der Waals surface area contributed by atoms with Crippen LogP contribution in [0.3, 0.4) is 0 Å². The van der Waals surface area contributed by atoms with Gasteiger partial charge in [-0.25, -0.2) is 0 Å². The van der Waals surface area contributed by atoms with Crippen LogP contribution < -0.4 is 10.5 Å². The van der Waals surface area contributed by atoms with Crippen LogP contribution in [0.5, 0.6) is 5.75 Å². The maximum absolute atomic E-state index is 12.4. The standard InChI is InChI=1S/C16H21NO3/c17-10-12-5-6-16(20-12)14(18)9-11-7-8-19-15-4-2-1-3-13(11)15/h1-4,11-12,16H,5-10,17H2. The molecule has 0 bridgehead atoms. The van der Waals surface area contributed by atoms with Gasteiger partial charge < -0.3 is 15.2 Å². The number of carbonyl (C=O) groups is 1. The van der Waals surface area contributed by atoms with Crippen molar-refractivity contribution in [3.63, 3.8) is 0 Å². The number of hydrogen-bond acceptors (Lipinski definition) is 4. The molecule has 1 aromatic carbocycles. The summed E-state index contributed by atoms with van der Waals surface area (Å²) in [6.45, 7) is 1.19. The molecular formula is C16H21NO3. The van der Waals surface area contributed by atoms with Crippen molar-refractivity contribution in [1.29, 1.82) is 0 Å². The summed E-state index contributed by atoms with van der Waals surface area (Å²) < 4.78 is 11.3. The molecule has 0 aliphatic carbocycles. The van der Waals surface area contributed by atoms with Crippen molar-refractivity contribution in [2.75, 3.05) is 13.2 Å². The van der Waals surface area contributed by atoms with Crippen LogP contribution >= 0.6 is 0 Å². The van der Waals surface area contributed by atoms with Gasteiger partial charge >= 0.3 is 0 Å². The number of para-hydroxylation sites is 1. The highest BCUT2D eigenvalue weighted by Crippen LogP contribution is 2.36. The van der Waals surface area contributed by atoms with Crippen molar-refractivity contribution in [2.24, 2.45) is 5.73 Å². The summed E-state index contributed by atoms with van der Waals surface area (Å²) in [6, 6.07) is 8.00. The van der Waals surface area contributed by atoms with E-state index in [1.54, 1.807) is 0 Å². The largest absolute Gasteiger partial charge is 0.493 e. The number of Topliss-reactive ketones (excluding diaryl/α,β-unsaturated/α-hetero) is 1. The average molecular weight is 275 g/mol. The molecule has 4 nitrogen and oxygen atoms in total. The molecule has 1 saturated heterocycles. The number of ether oxygens (including phenoxy) is 2. The van der Waals surface area contributed by atoms with E-state index < -0.39 is 0 Å². The van der Waals surface area contributed by atoms with Gasteiger partial charge in [0.25, 0.3) is 0 Å². The fourth-order valence-electron chi connectivity index (χ4n) is 3.12. The zero-order chi connectivity index (χ0) is 13.9. The third-order valence-electron chi connectivity index (χ3n) is 4.26. The molecule has 2 N–H and O–H groups in total. The van der Waals surface area contributed by atoms with E-state index in [0.717, 1.165) is 30.6 Å². The first-order valence-corrected chi connectivity index (χ1v) is 7.38. The molecule has 2 aliphatic heterocycles. The molecular weight excluding hydrogens is 254 g/mol. The van der Waals surface area contributed by atoms with E-state index in [1.165, 1.54) is 0 Å². The van der Waals surface area contributed by atoms with Gasteiger partial charge in [0.1, 0.15) is 11.9 Å². The van der Waals surface area contributed by atoms with Gasteiger partial charge in [-0.05, 0) is 36.8 Å². The van der Waals surface area contributed by atoms with Gasteiger partial charge in [0.15, 0.2) is 5.78 Å². The third kappa shape index (κ3) is 2.72. The third-order valence-corrected chi connectivity index (χ3v) is 4.26. The van der Waals surface area contributed by atoms with E-state index in [2.05, 4.69) is 6.07 Å². The normalized spacial score (nSPS) is 28.8. The molecule has 108 valence electrons. The van der Waals surface area contributed by atoms with E-state index in [1.807, 2.05) is 18.2 Å². The summed E-state index contributed by atoms with van der Waals surface area (Å²) in [5.74, 6) is 1.39. The summed E-state index contributed by atoms with van der Waals surface area (Å²) in [5, 5.41) is 0. The van der Waals surface area contributed by atoms with Crippen molar-refractivity contribution in [3.05, 3.63) is 29.8 Å². The van der Waals surface area contributed by atoms with Gasteiger partial charge in [0.05, 0.1) is 12.7 Å². The maximum Gasteiger partial charge on any atom is 0.162 e. The summed E-state index contributed by atoms with van der Waals surface area (Å²) in [4.78, 5) is 12.4. The fourth-order valence-corrected chi connectivity index (χ4v) is 3.12. The highest BCUT2D eigenvalue weighted by Gasteiger charge is 2.32. The zero-order valence-electron chi connectivity index (χ0n) is 11.6. The Labute approximate surface area is 119 Å². The summed E-state index contributed by atoms with van der Waals surface area (Å²) in [5.41, 5.74) is 6.74. The Morgan fingerprint density at radius 2 is 2.10 bits per heavy atom. The minimum absolute atomic E-state index is 0.0610. The number of ketones is 1. The smallest absolute Gasteiger partial charge is 0.162 e. The van der Waals surface area contributed by atoms with Crippen molar-refractivity contribution >= 4 is 5.78 Å². The second-order valence-corrected chi connectivity index (χ2v) is 5.60. The summed E-state index contributed by atoms with van der Waals surface area (Å²) >= 11 is 0. The Hall–Kier alpha value is -1.39. The van der Waals surface area contributed by atoms with Crippen molar-refractivity contribution < 1.29 is 14.3 Å². The topological polar surface area (TPSA) is 61.6 Å². The lowest BCUT2D eigenvalue weighted by Gasteiger charge is -2.26. The fraction of sp³-hybridized carbons (Fsp3) is 0.562. The minimum atomic E-state index is -0.251. The predicted molar refractivity (Wildman–Crippen MR) is 75.9 cm³/mol. The number of hydrogen-bond donors (Lipinski definition) is 1. The van der Waals surface area contributed by atoms with Crippen molar-refractivity contribution in [2.45, 2.75) is 43.8 Å². The lowest BCUT2D eigenvalue weighted by molar-refractivity contribution is -0.130. The molecule has 20 heavy (non-hydrogen) atoms. The Bertz CT molecular complexity index is 488. The minimum Gasteiger partial charge on any atom is -0.493 e. The van der Waals surface area contributed by atoms with Gasteiger partial charge in [0.2, 0.25) is 0 Å². The molecule has 0 spiro atoms. The van der Waals surface area contributed by atoms with Crippen LogP contribution in [-0.4, -0.2) is 31.1 Å². The highest BCUT2D eigenvalue weighted by molar-refractivity contribution is 5.84. The van der Waals surface area contributed by atoms with Crippen LogP contribution in [-0.2, 0) is 9.53 Å². The Balaban J connectivity index is 1.65. The number of rotatable bonds is 4. The number of fused-ring (bicyclic) bond motifs is 1. The van der Waals surface area contributed by atoms with Crippen LogP contribution in [0.15, 0.2) is 24.3 Å². The van der Waals surface area contributed by atoms with Gasteiger partial charge in [-0.3, -0.25) is 4.79 Å². The van der Waals surface area contributed by atoms with Crippen LogP contribution in [0.25, 0.3) is 0 Å². The van der Waals surface area contributed by atoms with E-state index >= 15 is 0 Å². The second-order valence-electron chi connectivity index (χ2n) is 5.60. The van der Waals surface area contributed by atoms with E-state index in [4.69, 9.17) is 15.2 Å². The quantitative estimate of drug-likeness (QED) is 0.913. The molecule has 0 radical (unpaired) electrons. The van der Waals surface area contributed by atoms with Crippen LogP contribution in [0.2, 0.25) is 0 Å². The van der Waals surface area contributed by atoms with Crippen LogP contribution in [0.1, 0.15) is 37.2 Å². The lowest BCUT2D eigenvalue weighted by atomic mass is 9.87. The Morgan fingerprint density at radius 1 is 1.25 bits per heavy atom. The lowest BCUT2D eigenvalue weighted by Crippen LogP contribution is -2.27. The maximum atomic E-state index is 12.4. The Kier molecular flexibility index (Phi) is 4.03. The molecule has 0 aromatic heterocycles. The first kappa shape index (κ1) is 13.6. The van der Waals surface area contributed by atoms with Gasteiger partial charge in [-0.2, -0.15) is 0 Å². The van der Waals surface area contributed by atoms with Crippen molar-refractivity contribution in [3.8, 4) is 5.75 Å². The molecule has 1 aromatic rings. The van der Waals surface area contributed by atoms with E-state index in [0.29, 0.717) is 19.6 Å². The first-order valence-electron chi connectivity index (χ1n) is 7.38. The predicted octanol–water partition coefficient (Wildman–Crippen LogP) is 2.02. The first-order chi connectivity index (χ1) is 9.78. The van der Waals surface area contributed by atoms with E-state index in [9.17, 15) is 4.79 Å². The number of nitrogens with two attached hydrogens (primary N) is 1. The average Bonchev–Trinajstić information content (AvgIpc) is 2.97. The molecule has 3 unspecified atom stereocenters.